The van der Waals surface area contributed by atoms with Gasteiger partial charge in [-0.2, -0.15) is 0 Å². The van der Waals surface area contributed by atoms with E-state index < -0.39 is 12.1 Å². The molecule has 0 radical (unpaired) electrons. The second-order valence-electron chi connectivity index (χ2n) is 5.42. The molecule has 0 amide bonds. The summed E-state index contributed by atoms with van der Waals surface area (Å²) in [5, 5.41) is 0. The lowest BCUT2D eigenvalue weighted by molar-refractivity contribution is -0.141. The van der Waals surface area contributed by atoms with Crippen LogP contribution in [0.5, 0.6) is 0 Å². The van der Waals surface area contributed by atoms with Crippen molar-refractivity contribution in [3.05, 3.63) is 109 Å². The number of ether oxygens (including phenoxy) is 1. The molecule has 1 unspecified atom stereocenters. The lowest BCUT2D eigenvalue weighted by atomic mass is 10.0. The molecule has 0 fully saturated rings. The summed E-state index contributed by atoms with van der Waals surface area (Å²) in [6.07, 6.45) is 0.748. The van der Waals surface area contributed by atoms with Crippen molar-refractivity contribution in [2.75, 3.05) is 0 Å². The van der Waals surface area contributed by atoms with Gasteiger partial charge in [-0.25, -0.2) is 4.79 Å². The van der Waals surface area contributed by atoms with Gasteiger partial charge in [0.2, 0.25) is 0 Å². The molecule has 3 rings (SSSR count). The van der Waals surface area contributed by atoms with Crippen LogP contribution in [-0.2, 0) is 9.53 Å². The molecule has 0 aliphatic rings. The van der Waals surface area contributed by atoms with Gasteiger partial charge < -0.3 is 4.74 Å². The van der Waals surface area contributed by atoms with Crippen molar-refractivity contribution in [3.8, 4) is 0 Å². The minimum Gasteiger partial charge on any atom is -0.449 e. The SMILES string of the molecule is C=CC(=O)OC(c1ccccc1)c1ccc(Sc2ccccc2)cc1. The van der Waals surface area contributed by atoms with E-state index in [1.807, 2.05) is 72.8 Å². The summed E-state index contributed by atoms with van der Waals surface area (Å²) >= 11 is 1.70. The number of hydrogen-bond acceptors (Lipinski definition) is 3. The third-order valence-electron chi connectivity index (χ3n) is 3.66. The molecule has 1 atom stereocenters. The van der Waals surface area contributed by atoms with Crippen molar-refractivity contribution >= 4 is 17.7 Å². The van der Waals surface area contributed by atoms with Crippen LogP contribution < -0.4 is 0 Å². The van der Waals surface area contributed by atoms with Crippen LogP contribution in [-0.4, -0.2) is 5.97 Å². The molecule has 25 heavy (non-hydrogen) atoms. The second-order valence-corrected chi connectivity index (χ2v) is 6.56. The van der Waals surface area contributed by atoms with Crippen molar-refractivity contribution < 1.29 is 9.53 Å². The molecule has 0 heterocycles. The molecule has 0 N–H and O–H groups in total. The Hall–Kier alpha value is -2.78. The second kappa shape index (κ2) is 8.36. The van der Waals surface area contributed by atoms with Gasteiger partial charge in [-0.05, 0) is 35.4 Å². The third kappa shape index (κ3) is 4.61. The van der Waals surface area contributed by atoms with Gasteiger partial charge in [-0.3, -0.25) is 0 Å². The van der Waals surface area contributed by atoms with E-state index in [0.717, 1.165) is 16.0 Å². The van der Waals surface area contributed by atoms with E-state index in [2.05, 4.69) is 18.7 Å². The van der Waals surface area contributed by atoms with Crippen LogP contribution >= 0.6 is 11.8 Å². The first-order chi connectivity index (χ1) is 12.3. The summed E-state index contributed by atoms with van der Waals surface area (Å²) in [7, 11) is 0. The van der Waals surface area contributed by atoms with E-state index in [1.165, 1.54) is 11.0 Å². The Morgan fingerprint density at radius 2 is 1.32 bits per heavy atom. The molecule has 0 aliphatic heterocycles. The summed E-state index contributed by atoms with van der Waals surface area (Å²) in [6.45, 7) is 3.48. The van der Waals surface area contributed by atoms with Gasteiger partial charge in [0.1, 0.15) is 0 Å². The predicted molar refractivity (Wildman–Crippen MR) is 102 cm³/mol. The summed E-state index contributed by atoms with van der Waals surface area (Å²) < 4.78 is 5.57. The zero-order valence-corrected chi connectivity index (χ0v) is 14.5. The van der Waals surface area contributed by atoms with Gasteiger partial charge in [-0.15, -0.1) is 0 Å². The van der Waals surface area contributed by atoms with Crippen molar-refractivity contribution in [2.24, 2.45) is 0 Å². The van der Waals surface area contributed by atoms with Crippen molar-refractivity contribution in [1.82, 2.24) is 0 Å². The number of hydrogen-bond donors (Lipinski definition) is 0. The van der Waals surface area contributed by atoms with Crippen LogP contribution in [0.15, 0.2) is 107 Å². The lowest BCUT2D eigenvalue weighted by Crippen LogP contribution is -2.10. The highest BCUT2D eigenvalue weighted by atomic mass is 32.2. The highest BCUT2D eigenvalue weighted by molar-refractivity contribution is 7.99. The van der Waals surface area contributed by atoms with Gasteiger partial charge in [0.15, 0.2) is 6.10 Å². The van der Waals surface area contributed by atoms with E-state index in [-0.39, 0.29) is 0 Å². The van der Waals surface area contributed by atoms with Gasteiger partial charge in [0.25, 0.3) is 0 Å². The smallest absolute Gasteiger partial charge is 0.331 e. The molecular formula is C22H18O2S. The van der Waals surface area contributed by atoms with E-state index >= 15 is 0 Å². The zero-order chi connectivity index (χ0) is 17.5. The molecule has 124 valence electrons. The fraction of sp³-hybridized carbons (Fsp3) is 0.0455. The number of carbonyl (C=O) groups is 1. The van der Waals surface area contributed by atoms with Crippen molar-refractivity contribution in [3.63, 3.8) is 0 Å². The Balaban J connectivity index is 1.83. The standard InChI is InChI=1S/C22H18O2S/c1-2-21(23)24-22(17-9-5-3-6-10-17)18-13-15-20(16-14-18)25-19-11-7-4-8-12-19/h2-16,22H,1H2. The van der Waals surface area contributed by atoms with Crippen LogP contribution in [0.3, 0.4) is 0 Å². The van der Waals surface area contributed by atoms with Gasteiger partial charge in [0.05, 0.1) is 0 Å². The van der Waals surface area contributed by atoms with Crippen LogP contribution in [0.25, 0.3) is 0 Å². The molecular weight excluding hydrogens is 328 g/mol. The average molecular weight is 346 g/mol. The lowest BCUT2D eigenvalue weighted by Gasteiger charge is -2.18. The maximum absolute atomic E-state index is 11.7. The summed E-state index contributed by atoms with van der Waals surface area (Å²) in [5.41, 5.74) is 1.86. The topological polar surface area (TPSA) is 26.3 Å². The first kappa shape index (κ1) is 17.1. The molecule has 3 aromatic carbocycles. The Morgan fingerprint density at radius 1 is 0.800 bits per heavy atom. The number of benzene rings is 3. The minimum absolute atomic E-state index is 0.434. The van der Waals surface area contributed by atoms with Crippen LogP contribution in [0.4, 0.5) is 0 Å². The average Bonchev–Trinajstić information content (AvgIpc) is 2.68. The minimum atomic E-state index is -0.442. The summed E-state index contributed by atoms with van der Waals surface area (Å²) in [4.78, 5) is 14.1. The Kier molecular flexibility index (Phi) is 5.70. The third-order valence-corrected chi connectivity index (χ3v) is 4.68. The van der Waals surface area contributed by atoms with Crippen LogP contribution in [0, 0.1) is 0 Å². The Morgan fingerprint density at radius 3 is 1.92 bits per heavy atom. The Bertz CT molecular complexity index is 827. The maximum atomic E-state index is 11.7. The van der Waals surface area contributed by atoms with Gasteiger partial charge in [0, 0.05) is 15.9 Å². The largest absolute Gasteiger partial charge is 0.449 e. The molecule has 2 nitrogen and oxygen atoms in total. The molecule has 0 bridgehead atoms. The van der Waals surface area contributed by atoms with Gasteiger partial charge >= 0.3 is 5.97 Å². The predicted octanol–water partition coefficient (Wildman–Crippen LogP) is 5.66. The number of carbonyl (C=O) groups excluding carboxylic acids is 1. The number of esters is 1. The van der Waals surface area contributed by atoms with E-state index in [1.54, 1.807) is 11.8 Å². The van der Waals surface area contributed by atoms with Crippen molar-refractivity contribution in [2.45, 2.75) is 15.9 Å². The normalized spacial score (nSPS) is 11.5. The van der Waals surface area contributed by atoms with E-state index in [0.29, 0.717) is 0 Å². The first-order valence-electron chi connectivity index (χ1n) is 7.97. The van der Waals surface area contributed by atoms with E-state index in [4.69, 9.17) is 4.74 Å². The van der Waals surface area contributed by atoms with Crippen molar-refractivity contribution in [1.29, 1.82) is 0 Å². The van der Waals surface area contributed by atoms with E-state index in [9.17, 15) is 4.79 Å². The molecule has 0 aliphatic carbocycles. The van der Waals surface area contributed by atoms with Crippen LogP contribution in [0.1, 0.15) is 17.2 Å². The fourth-order valence-electron chi connectivity index (χ4n) is 2.46. The zero-order valence-electron chi connectivity index (χ0n) is 13.7. The fourth-order valence-corrected chi connectivity index (χ4v) is 3.29. The Labute approximate surface area is 152 Å². The molecule has 0 saturated heterocycles. The highest BCUT2D eigenvalue weighted by Gasteiger charge is 2.17. The summed E-state index contributed by atoms with van der Waals surface area (Å²) in [6, 6.07) is 28.0. The number of rotatable bonds is 6. The molecule has 0 saturated carbocycles. The molecule has 0 spiro atoms. The molecule has 3 heteroatoms. The molecule has 3 aromatic rings. The molecule has 0 aromatic heterocycles. The quantitative estimate of drug-likeness (QED) is 0.426. The monoisotopic (exact) mass is 346 g/mol. The summed E-state index contributed by atoms with van der Waals surface area (Å²) in [5.74, 6) is -0.434. The first-order valence-corrected chi connectivity index (χ1v) is 8.79. The maximum Gasteiger partial charge on any atom is 0.331 e. The highest BCUT2D eigenvalue weighted by Crippen LogP contribution is 2.31. The van der Waals surface area contributed by atoms with Crippen LogP contribution in [0.2, 0.25) is 0 Å². The van der Waals surface area contributed by atoms with Gasteiger partial charge in [-0.1, -0.05) is 79.0 Å².